The molecule has 4 atom stereocenters. The van der Waals surface area contributed by atoms with Gasteiger partial charge in [-0.25, -0.2) is 9.97 Å². The van der Waals surface area contributed by atoms with E-state index in [-0.39, 0.29) is 0 Å². The SMILES string of the molecule is Cc1cn([C@@H]2O[C@H](C)[C@@H](O)[C@H]2O)c2ncnc(Cl)c12. The van der Waals surface area contributed by atoms with E-state index in [4.69, 9.17) is 16.3 Å². The van der Waals surface area contributed by atoms with Crippen molar-refractivity contribution in [1.29, 1.82) is 0 Å². The van der Waals surface area contributed by atoms with Crippen molar-refractivity contribution in [3.63, 3.8) is 0 Å². The van der Waals surface area contributed by atoms with Crippen molar-refractivity contribution >= 4 is 22.6 Å². The third kappa shape index (κ3) is 1.83. The average molecular weight is 284 g/mol. The lowest BCUT2D eigenvalue weighted by molar-refractivity contribution is -0.0296. The lowest BCUT2D eigenvalue weighted by Crippen LogP contribution is -2.30. The van der Waals surface area contributed by atoms with Gasteiger partial charge in [-0.1, -0.05) is 11.6 Å². The van der Waals surface area contributed by atoms with E-state index in [1.165, 1.54) is 6.33 Å². The van der Waals surface area contributed by atoms with E-state index >= 15 is 0 Å². The minimum Gasteiger partial charge on any atom is -0.388 e. The molecule has 1 aliphatic heterocycles. The Morgan fingerprint density at radius 1 is 1.32 bits per heavy atom. The number of aromatic nitrogens is 3. The summed E-state index contributed by atoms with van der Waals surface area (Å²) in [7, 11) is 0. The predicted octanol–water partition coefficient (Wildman–Crippen LogP) is 1.03. The molecule has 3 heterocycles. The maximum absolute atomic E-state index is 10.0. The van der Waals surface area contributed by atoms with E-state index in [0.717, 1.165) is 10.9 Å². The first-order chi connectivity index (χ1) is 9.00. The molecule has 6 nitrogen and oxygen atoms in total. The Kier molecular flexibility index (Phi) is 2.98. The van der Waals surface area contributed by atoms with E-state index in [9.17, 15) is 10.2 Å². The first-order valence-electron chi connectivity index (χ1n) is 6.00. The van der Waals surface area contributed by atoms with E-state index in [1.54, 1.807) is 17.7 Å². The quantitative estimate of drug-likeness (QED) is 0.764. The van der Waals surface area contributed by atoms with Gasteiger partial charge in [0.25, 0.3) is 0 Å². The Morgan fingerprint density at radius 2 is 2.05 bits per heavy atom. The van der Waals surface area contributed by atoms with Crippen molar-refractivity contribution in [2.24, 2.45) is 0 Å². The topological polar surface area (TPSA) is 80.4 Å². The number of halogens is 1. The Hall–Kier alpha value is -1.21. The molecule has 19 heavy (non-hydrogen) atoms. The van der Waals surface area contributed by atoms with Gasteiger partial charge in [0.05, 0.1) is 11.5 Å². The maximum atomic E-state index is 10.0. The van der Waals surface area contributed by atoms with Crippen LogP contribution < -0.4 is 0 Å². The number of aliphatic hydroxyl groups is 2. The highest BCUT2D eigenvalue weighted by Crippen LogP contribution is 2.34. The van der Waals surface area contributed by atoms with Gasteiger partial charge in [-0.2, -0.15) is 0 Å². The van der Waals surface area contributed by atoms with Crippen LogP contribution in [-0.2, 0) is 4.74 Å². The fraction of sp³-hybridized carbons (Fsp3) is 0.500. The zero-order valence-electron chi connectivity index (χ0n) is 10.5. The monoisotopic (exact) mass is 283 g/mol. The predicted molar refractivity (Wildman–Crippen MR) is 68.9 cm³/mol. The Balaban J connectivity index is 2.14. The molecule has 2 aromatic rings. The number of nitrogens with zero attached hydrogens (tertiary/aromatic N) is 3. The molecule has 0 amide bonds. The molecule has 0 bridgehead atoms. The van der Waals surface area contributed by atoms with Crippen LogP contribution in [0.1, 0.15) is 18.7 Å². The van der Waals surface area contributed by atoms with Crippen LogP contribution in [-0.4, -0.2) is 43.1 Å². The van der Waals surface area contributed by atoms with Gasteiger partial charge in [0.2, 0.25) is 0 Å². The lowest BCUT2D eigenvalue weighted by Gasteiger charge is -2.17. The van der Waals surface area contributed by atoms with Crippen LogP contribution in [0.15, 0.2) is 12.5 Å². The van der Waals surface area contributed by atoms with Gasteiger partial charge in [0.1, 0.15) is 29.3 Å². The van der Waals surface area contributed by atoms with Crippen LogP contribution in [0.3, 0.4) is 0 Å². The number of rotatable bonds is 1. The van der Waals surface area contributed by atoms with Crippen LogP contribution in [0.4, 0.5) is 0 Å². The third-order valence-corrected chi connectivity index (χ3v) is 3.79. The highest BCUT2D eigenvalue weighted by Gasteiger charge is 2.42. The minimum atomic E-state index is -1.00. The highest BCUT2D eigenvalue weighted by molar-refractivity contribution is 6.34. The molecule has 2 N–H and O–H groups in total. The molecule has 102 valence electrons. The summed E-state index contributed by atoms with van der Waals surface area (Å²) >= 11 is 6.06. The maximum Gasteiger partial charge on any atom is 0.164 e. The van der Waals surface area contributed by atoms with Crippen LogP contribution in [0.5, 0.6) is 0 Å². The van der Waals surface area contributed by atoms with Crippen molar-refractivity contribution in [1.82, 2.24) is 14.5 Å². The summed E-state index contributed by atoms with van der Waals surface area (Å²) in [6, 6.07) is 0. The second kappa shape index (κ2) is 4.42. The molecule has 0 aliphatic carbocycles. The molecular weight excluding hydrogens is 270 g/mol. The molecule has 2 aromatic heterocycles. The number of hydrogen-bond acceptors (Lipinski definition) is 5. The molecule has 1 fully saturated rings. The van der Waals surface area contributed by atoms with Crippen molar-refractivity contribution in [2.45, 2.75) is 38.4 Å². The van der Waals surface area contributed by atoms with E-state index in [0.29, 0.717) is 10.8 Å². The summed E-state index contributed by atoms with van der Waals surface area (Å²) in [6.07, 6.45) is 0.132. The smallest absolute Gasteiger partial charge is 0.164 e. The van der Waals surface area contributed by atoms with E-state index in [2.05, 4.69) is 9.97 Å². The molecule has 0 spiro atoms. The minimum absolute atomic E-state index is 0.363. The van der Waals surface area contributed by atoms with Crippen molar-refractivity contribution in [2.75, 3.05) is 0 Å². The zero-order chi connectivity index (χ0) is 13.7. The summed E-state index contributed by atoms with van der Waals surface area (Å²) in [5.74, 6) is 0. The molecule has 1 saturated heterocycles. The molecule has 1 aliphatic rings. The fourth-order valence-corrected chi connectivity index (χ4v) is 2.75. The molecule has 3 rings (SSSR count). The summed E-state index contributed by atoms with van der Waals surface area (Å²) in [5, 5.41) is 20.9. The van der Waals surface area contributed by atoms with Crippen molar-refractivity contribution < 1.29 is 14.9 Å². The largest absolute Gasteiger partial charge is 0.388 e. The standard InChI is InChI=1S/C12H14ClN3O3/c1-5-3-16(11-7(5)10(13)14-4-15-11)12-9(18)8(17)6(2)19-12/h3-4,6,8-9,12,17-18H,1-2H3/t6-,8-,9-,12-/m1/s1. The Labute approximate surface area is 114 Å². The van der Waals surface area contributed by atoms with Crippen LogP contribution >= 0.6 is 11.6 Å². The number of fused-ring (bicyclic) bond motifs is 1. The number of aliphatic hydroxyl groups excluding tert-OH is 2. The molecule has 0 aromatic carbocycles. The van der Waals surface area contributed by atoms with Gasteiger partial charge in [-0.3, -0.25) is 0 Å². The first kappa shape index (κ1) is 12.8. The number of ether oxygens (including phenoxy) is 1. The summed E-state index contributed by atoms with van der Waals surface area (Å²) in [4.78, 5) is 8.13. The van der Waals surface area contributed by atoms with Crippen LogP contribution in [0.2, 0.25) is 5.15 Å². The van der Waals surface area contributed by atoms with Crippen LogP contribution in [0, 0.1) is 6.92 Å². The van der Waals surface area contributed by atoms with Crippen LogP contribution in [0.25, 0.3) is 11.0 Å². The fourth-order valence-electron chi connectivity index (χ4n) is 2.48. The number of aryl methyl sites for hydroxylation is 1. The summed E-state index contributed by atoms with van der Waals surface area (Å²) in [6.45, 7) is 3.60. The third-order valence-electron chi connectivity index (χ3n) is 3.50. The molecule has 0 unspecified atom stereocenters. The normalized spacial score (nSPS) is 31.2. The first-order valence-corrected chi connectivity index (χ1v) is 6.37. The zero-order valence-corrected chi connectivity index (χ0v) is 11.2. The molecule has 7 heteroatoms. The van der Waals surface area contributed by atoms with Gasteiger partial charge >= 0.3 is 0 Å². The van der Waals surface area contributed by atoms with Gasteiger partial charge in [-0.15, -0.1) is 0 Å². The Bertz CT molecular complexity index is 630. The van der Waals surface area contributed by atoms with E-state index in [1.807, 2.05) is 6.92 Å². The van der Waals surface area contributed by atoms with Crippen molar-refractivity contribution in [3.05, 3.63) is 23.2 Å². The number of hydrogen-bond donors (Lipinski definition) is 2. The Morgan fingerprint density at radius 3 is 2.68 bits per heavy atom. The highest BCUT2D eigenvalue weighted by atomic mass is 35.5. The molecule has 0 saturated carbocycles. The lowest BCUT2D eigenvalue weighted by atomic mass is 10.1. The van der Waals surface area contributed by atoms with E-state index < -0.39 is 24.5 Å². The average Bonchev–Trinajstić information content (AvgIpc) is 2.83. The van der Waals surface area contributed by atoms with Gasteiger partial charge < -0.3 is 19.5 Å². The summed E-state index contributed by atoms with van der Waals surface area (Å²) in [5.41, 5.74) is 1.48. The van der Waals surface area contributed by atoms with Crippen molar-refractivity contribution in [3.8, 4) is 0 Å². The van der Waals surface area contributed by atoms with Gasteiger partial charge in [0, 0.05) is 6.20 Å². The summed E-state index contributed by atoms with van der Waals surface area (Å²) < 4.78 is 7.28. The second-order valence-corrected chi connectivity index (χ2v) is 5.15. The van der Waals surface area contributed by atoms with Gasteiger partial charge in [0.15, 0.2) is 6.23 Å². The second-order valence-electron chi connectivity index (χ2n) is 4.80. The molecule has 0 radical (unpaired) electrons. The molecular formula is C12H14ClN3O3. The van der Waals surface area contributed by atoms with Gasteiger partial charge in [-0.05, 0) is 19.4 Å².